The number of carbonyl (C=O) groups is 2. The first kappa shape index (κ1) is 27.3. The van der Waals surface area contributed by atoms with Crippen molar-refractivity contribution >= 4 is 23.4 Å². The monoisotopic (exact) mass is 506 g/mol. The number of hydrogen-bond donors (Lipinski definition) is 1. The second-order valence-electron chi connectivity index (χ2n) is 9.17. The lowest BCUT2D eigenvalue weighted by Crippen LogP contribution is -2.53. The molecule has 3 aromatic rings. The maximum atomic E-state index is 13.7. The molecule has 0 heterocycles. The predicted octanol–water partition coefficient (Wildman–Crippen LogP) is 5.89. The first-order valence-corrected chi connectivity index (χ1v) is 12.7. The summed E-state index contributed by atoms with van der Waals surface area (Å²) in [5, 5.41) is 3.61. The van der Waals surface area contributed by atoms with Gasteiger partial charge in [0.15, 0.2) is 6.61 Å². The molecule has 0 spiro atoms. The van der Waals surface area contributed by atoms with E-state index < -0.39 is 6.04 Å². The Morgan fingerprint density at radius 1 is 0.972 bits per heavy atom. The van der Waals surface area contributed by atoms with Gasteiger partial charge in [-0.3, -0.25) is 9.59 Å². The first-order valence-electron chi connectivity index (χ1n) is 12.4. The molecular formula is C30H35ClN2O3. The van der Waals surface area contributed by atoms with Crippen LogP contribution in [-0.4, -0.2) is 35.4 Å². The molecule has 0 saturated heterocycles. The smallest absolute Gasteiger partial charge is 0.261 e. The lowest BCUT2D eigenvalue weighted by Gasteiger charge is -2.32. The second-order valence-corrected chi connectivity index (χ2v) is 9.58. The molecule has 0 fully saturated rings. The van der Waals surface area contributed by atoms with E-state index in [1.165, 1.54) is 0 Å². The topological polar surface area (TPSA) is 58.6 Å². The van der Waals surface area contributed by atoms with Crippen molar-refractivity contribution in [1.29, 1.82) is 0 Å². The third-order valence-electron chi connectivity index (χ3n) is 6.41. The largest absolute Gasteiger partial charge is 0.484 e. The Labute approximate surface area is 219 Å². The Morgan fingerprint density at radius 2 is 1.67 bits per heavy atom. The fraction of sp³-hybridized carbons (Fsp3) is 0.333. The summed E-state index contributed by atoms with van der Waals surface area (Å²) in [6, 6.07) is 22.1. The van der Waals surface area contributed by atoms with E-state index in [9.17, 15) is 9.59 Å². The molecule has 3 rings (SSSR count). The number of ether oxygens (including phenoxy) is 1. The van der Waals surface area contributed by atoms with Crippen LogP contribution >= 0.6 is 11.6 Å². The SMILES string of the molecule is CC[C@H](C)NC(=O)[C@H](Cc1ccccc1)N(Cc1ccccc1Cl)C(=O)COc1ccc(C)c(C)c1. The number of hydrogen-bond acceptors (Lipinski definition) is 3. The van der Waals surface area contributed by atoms with E-state index >= 15 is 0 Å². The average molecular weight is 507 g/mol. The number of nitrogens with one attached hydrogen (secondary N) is 1. The van der Waals surface area contributed by atoms with Crippen molar-refractivity contribution in [1.82, 2.24) is 10.2 Å². The van der Waals surface area contributed by atoms with Gasteiger partial charge >= 0.3 is 0 Å². The molecule has 36 heavy (non-hydrogen) atoms. The van der Waals surface area contributed by atoms with E-state index in [4.69, 9.17) is 16.3 Å². The molecule has 3 aromatic carbocycles. The van der Waals surface area contributed by atoms with E-state index in [0.717, 1.165) is 28.7 Å². The van der Waals surface area contributed by atoms with Gasteiger partial charge in [-0.2, -0.15) is 0 Å². The summed E-state index contributed by atoms with van der Waals surface area (Å²) in [4.78, 5) is 28.8. The molecule has 0 aliphatic carbocycles. The van der Waals surface area contributed by atoms with Crippen molar-refractivity contribution in [3.8, 4) is 5.75 Å². The fourth-order valence-electron chi connectivity index (χ4n) is 3.84. The number of carbonyl (C=O) groups excluding carboxylic acids is 2. The molecule has 0 unspecified atom stereocenters. The van der Waals surface area contributed by atoms with Gasteiger partial charge in [-0.05, 0) is 67.6 Å². The van der Waals surface area contributed by atoms with Gasteiger partial charge in [0.05, 0.1) is 0 Å². The lowest BCUT2D eigenvalue weighted by molar-refractivity contribution is -0.143. The highest BCUT2D eigenvalue weighted by molar-refractivity contribution is 6.31. The van der Waals surface area contributed by atoms with Crippen molar-refractivity contribution in [3.05, 3.63) is 100 Å². The Hall–Kier alpha value is -3.31. The van der Waals surface area contributed by atoms with Gasteiger partial charge in [-0.15, -0.1) is 0 Å². The number of aryl methyl sites for hydroxylation is 2. The summed E-state index contributed by atoms with van der Waals surface area (Å²) in [6.45, 7) is 8.01. The van der Waals surface area contributed by atoms with E-state index in [1.807, 2.05) is 94.4 Å². The Balaban J connectivity index is 1.92. The molecule has 2 amide bonds. The summed E-state index contributed by atoms with van der Waals surface area (Å²) < 4.78 is 5.88. The van der Waals surface area contributed by atoms with Crippen LogP contribution in [0.2, 0.25) is 5.02 Å². The van der Waals surface area contributed by atoms with E-state index in [0.29, 0.717) is 17.2 Å². The lowest BCUT2D eigenvalue weighted by atomic mass is 10.0. The zero-order chi connectivity index (χ0) is 26.1. The molecule has 6 heteroatoms. The molecule has 190 valence electrons. The zero-order valence-corrected chi connectivity index (χ0v) is 22.2. The van der Waals surface area contributed by atoms with Crippen molar-refractivity contribution < 1.29 is 14.3 Å². The van der Waals surface area contributed by atoms with Gasteiger partial charge in [0, 0.05) is 24.0 Å². The van der Waals surface area contributed by atoms with Crippen LogP contribution in [0, 0.1) is 13.8 Å². The third kappa shape index (κ3) is 7.59. The molecule has 5 nitrogen and oxygen atoms in total. The number of amides is 2. The van der Waals surface area contributed by atoms with Crippen molar-refractivity contribution in [3.63, 3.8) is 0 Å². The van der Waals surface area contributed by atoms with Gasteiger partial charge in [0.1, 0.15) is 11.8 Å². The summed E-state index contributed by atoms with van der Waals surface area (Å²) in [5.41, 5.74) is 3.98. The Morgan fingerprint density at radius 3 is 2.33 bits per heavy atom. The number of nitrogens with zero attached hydrogens (tertiary/aromatic N) is 1. The van der Waals surface area contributed by atoms with Gasteiger partial charge in [-0.1, -0.05) is 73.1 Å². The van der Waals surface area contributed by atoms with Crippen LogP contribution in [0.5, 0.6) is 5.75 Å². The Kier molecular flexibility index (Phi) is 9.95. The molecule has 0 aliphatic heterocycles. The quantitative estimate of drug-likeness (QED) is 0.352. The van der Waals surface area contributed by atoms with Crippen molar-refractivity contribution in [2.75, 3.05) is 6.61 Å². The molecule has 0 bridgehead atoms. The predicted molar refractivity (Wildman–Crippen MR) is 145 cm³/mol. The first-order chi connectivity index (χ1) is 17.3. The summed E-state index contributed by atoms with van der Waals surface area (Å²) in [7, 11) is 0. The van der Waals surface area contributed by atoms with Crippen molar-refractivity contribution in [2.24, 2.45) is 0 Å². The molecule has 0 saturated carbocycles. The molecule has 0 radical (unpaired) electrons. The average Bonchev–Trinajstić information content (AvgIpc) is 2.88. The molecular weight excluding hydrogens is 472 g/mol. The minimum absolute atomic E-state index is 0.0141. The second kappa shape index (κ2) is 13.1. The van der Waals surface area contributed by atoms with Crippen LogP contribution in [0.25, 0.3) is 0 Å². The molecule has 1 N–H and O–H groups in total. The van der Waals surface area contributed by atoms with Crippen LogP contribution in [0.3, 0.4) is 0 Å². The highest BCUT2D eigenvalue weighted by Gasteiger charge is 2.31. The van der Waals surface area contributed by atoms with Gasteiger partial charge in [0.2, 0.25) is 5.91 Å². The zero-order valence-electron chi connectivity index (χ0n) is 21.5. The maximum absolute atomic E-state index is 13.7. The van der Waals surface area contributed by atoms with E-state index in [2.05, 4.69) is 5.32 Å². The molecule has 0 aromatic heterocycles. The standard InChI is InChI=1S/C30H35ClN2O3/c1-5-23(4)32-30(35)28(18-24-11-7-6-8-12-24)33(19-25-13-9-10-14-27(25)31)29(34)20-36-26-16-15-21(2)22(3)17-26/h6-17,23,28H,5,18-20H2,1-4H3,(H,32,35)/t23-,28-/m0/s1. The normalized spacial score (nSPS) is 12.5. The van der Waals surface area contributed by atoms with Crippen LogP contribution in [0.1, 0.15) is 42.5 Å². The molecule has 0 aliphatic rings. The Bertz CT molecular complexity index is 1170. The highest BCUT2D eigenvalue weighted by atomic mass is 35.5. The fourth-order valence-corrected chi connectivity index (χ4v) is 4.03. The highest BCUT2D eigenvalue weighted by Crippen LogP contribution is 2.22. The van der Waals surface area contributed by atoms with Crippen LogP contribution in [0.15, 0.2) is 72.8 Å². The summed E-state index contributed by atoms with van der Waals surface area (Å²) in [5.74, 6) is 0.140. The maximum Gasteiger partial charge on any atom is 0.261 e. The van der Waals surface area contributed by atoms with Crippen LogP contribution in [0.4, 0.5) is 0 Å². The summed E-state index contributed by atoms with van der Waals surface area (Å²) in [6.07, 6.45) is 1.17. The van der Waals surface area contributed by atoms with E-state index in [-0.39, 0.29) is 31.0 Å². The minimum atomic E-state index is -0.728. The van der Waals surface area contributed by atoms with Gasteiger partial charge < -0.3 is 15.0 Å². The van der Waals surface area contributed by atoms with Crippen molar-refractivity contribution in [2.45, 2.75) is 59.2 Å². The number of benzene rings is 3. The van der Waals surface area contributed by atoms with Crippen LogP contribution in [-0.2, 0) is 22.6 Å². The minimum Gasteiger partial charge on any atom is -0.484 e. The van der Waals surface area contributed by atoms with Crippen LogP contribution < -0.4 is 10.1 Å². The third-order valence-corrected chi connectivity index (χ3v) is 6.78. The summed E-state index contributed by atoms with van der Waals surface area (Å²) >= 11 is 6.46. The number of rotatable bonds is 11. The van der Waals surface area contributed by atoms with Gasteiger partial charge in [0.25, 0.3) is 5.91 Å². The van der Waals surface area contributed by atoms with E-state index in [1.54, 1.807) is 11.0 Å². The number of halogens is 1. The molecule has 2 atom stereocenters. The van der Waals surface area contributed by atoms with Gasteiger partial charge in [-0.25, -0.2) is 0 Å².